The van der Waals surface area contributed by atoms with E-state index >= 15 is 0 Å². The van der Waals surface area contributed by atoms with Crippen LogP contribution in [0.4, 0.5) is 0 Å². The number of nitrogens with one attached hydrogen (secondary N) is 2. The smallest absolute Gasteiger partial charge is 0.331 e. The molecule has 0 fully saturated rings. The van der Waals surface area contributed by atoms with Gasteiger partial charge in [0.05, 0.1) is 25.9 Å². The van der Waals surface area contributed by atoms with Crippen LogP contribution in [0.25, 0.3) is 10.9 Å². The Morgan fingerprint density at radius 2 is 1.90 bits per heavy atom. The van der Waals surface area contributed by atoms with Crippen LogP contribution in [0.2, 0.25) is 0 Å². The maximum atomic E-state index is 12.8. The molecule has 0 saturated carbocycles. The van der Waals surface area contributed by atoms with Gasteiger partial charge >= 0.3 is 5.69 Å². The van der Waals surface area contributed by atoms with Crippen molar-refractivity contribution in [3.8, 4) is 11.6 Å². The van der Waals surface area contributed by atoms with Crippen LogP contribution in [0.15, 0.2) is 58.1 Å². The second kappa shape index (κ2) is 7.48. The van der Waals surface area contributed by atoms with Crippen molar-refractivity contribution in [1.29, 1.82) is 0 Å². The second-order valence-electron chi connectivity index (χ2n) is 7.75. The van der Waals surface area contributed by atoms with E-state index in [9.17, 15) is 14.7 Å². The maximum absolute atomic E-state index is 12.8. The van der Waals surface area contributed by atoms with Crippen LogP contribution in [0.5, 0.6) is 11.6 Å². The Kier molecular flexibility index (Phi) is 4.63. The predicted molar refractivity (Wildman–Crippen MR) is 116 cm³/mol. The van der Waals surface area contributed by atoms with Gasteiger partial charge in [-0.1, -0.05) is 30.3 Å². The molecule has 0 bridgehead atoms. The molecular formula is C23H23N4O4+. The number of para-hydroxylation sites is 1. The highest BCUT2D eigenvalue weighted by Gasteiger charge is 2.34. The van der Waals surface area contributed by atoms with E-state index in [1.807, 2.05) is 35.6 Å². The van der Waals surface area contributed by atoms with Crippen molar-refractivity contribution < 1.29 is 15.2 Å². The number of methoxy groups -OCH3 is 1. The van der Waals surface area contributed by atoms with Gasteiger partial charge in [0.15, 0.2) is 6.04 Å². The van der Waals surface area contributed by atoms with Gasteiger partial charge in [-0.25, -0.2) is 4.79 Å². The molecule has 0 radical (unpaired) electrons. The first-order chi connectivity index (χ1) is 15.1. The Morgan fingerprint density at radius 1 is 1.13 bits per heavy atom. The molecule has 158 valence electrons. The van der Waals surface area contributed by atoms with Crippen molar-refractivity contribution in [3.63, 3.8) is 0 Å². The summed E-state index contributed by atoms with van der Waals surface area (Å²) in [7, 11) is 1.58. The van der Waals surface area contributed by atoms with Crippen LogP contribution < -0.4 is 21.3 Å². The minimum atomic E-state index is -0.644. The first-order valence-corrected chi connectivity index (χ1v) is 10.2. The molecule has 2 aromatic heterocycles. The molecule has 1 aliphatic rings. The van der Waals surface area contributed by atoms with E-state index in [1.165, 1.54) is 4.57 Å². The summed E-state index contributed by atoms with van der Waals surface area (Å²) >= 11 is 0. The summed E-state index contributed by atoms with van der Waals surface area (Å²) in [6, 6.07) is 14.8. The largest absolute Gasteiger partial charge is 0.497 e. The first kappa shape index (κ1) is 19.2. The number of nitrogens with two attached hydrogens (primary N) is 1. The fourth-order valence-corrected chi connectivity index (χ4v) is 4.45. The highest BCUT2D eigenvalue weighted by molar-refractivity contribution is 5.85. The molecule has 8 nitrogen and oxygen atoms in total. The number of aromatic nitrogens is 3. The highest BCUT2D eigenvalue weighted by Crippen LogP contribution is 2.32. The average molecular weight is 419 g/mol. The molecule has 3 heterocycles. The van der Waals surface area contributed by atoms with Gasteiger partial charge in [-0.3, -0.25) is 14.3 Å². The van der Waals surface area contributed by atoms with Gasteiger partial charge in [0.25, 0.3) is 5.56 Å². The van der Waals surface area contributed by atoms with Gasteiger partial charge in [-0.05, 0) is 29.3 Å². The van der Waals surface area contributed by atoms with E-state index < -0.39 is 17.3 Å². The van der Waals surface area contributed by atoms with Crippen molar-refractivity contribution in [2.45, 2.75) is 19.0 Å². The van der Waals surface area contributed by atoms with Gasteiger partial charge in [0, 0.05) is 17.3 Å². The van der Waals surface area contributed by atoms with Crippen molar-refractivity contribution in [2.75, 3.05) is 13.7 Å². The standard InChI is InChI=1S/C23H22N4O4/c1-31-14-8-6-13(7-9-14)12-27-22(29)18(21(28)26-23(27)30)20-19-16(10-11-24-20)15-4-2-3-5-17(15)25-19/h2-9,20,24-25,29H,10-12H2,1H3,(H,26,28,30)/p+1/t20-/m1/s1. The zero-order chi connectivity index (χ0) is 21.5. The molecule has 0 amide bonds. The van der Waals surface area contributed by atoms with E-state index in [-0.39, 0.29) is 18.0 Å². The summed E-state index contributed by atoms with van der Waals surface area (Å²) < 4.78 is 6.36. The highest BCUT2D eigenvalue weighted by atomic mass is 16.5. The molecule has 8 heteroatoms. The summed E-state index contributed by atoms with van der Waals surface area (Å²) in [6.45, 7) is 0.903. The third-order valence-electron chi connectivity index (χ3n) is 5.97. The fraction of sp³-hybridized carbons (Fsp3) is 0.217. The van der Waals surface area contributed by atoms with Crippen molar-refractivity contribution in [3.05, 3.63) is 91.8 Å². The van der Waals surface area contributed by atoms with E-state index in [4.69, 9.17) is 4.74 Å². The summed E-state index contributed by atoms with van der Waals surface area (Å²) in [6.07, 6.45) is 0.861. The van der Waals surface area contributed by atoms with Crippen molar-refractivity contribution in [1.82, 2.24) is 14.5 Å². The number of H-pyrrole nitrogens is 2. The van der Waals surface area contributed by atoms with Crippen LogP contribution in [0, 0.1) is 0 Å². The van der Waals surface area contributed by atoms with E-state index in [1.54, 1.807) is 19.2 Å². The van der Waals surface area contributed by atoms with E-state index in [0.29, 0.717) is 5.75 Å². The predicted octanol–water partition coefficient (Wildman–Crippen LogP) is 0.989. The number of hydrogen-bond acceptors (Lipinski definition) is 4. The molecule has 1 aliphatic heterocycles. The Balaban J connectivity index is 1.61. The van der Waals surface area contributed by atoms with Gasteiger partial charge in [0.1, 0.15) is 11.3 Å². The Bertz CT molecular complexity index is 1380. The SMILES string of the molecule is COc1ccc(Cn2c(O)c([C@H]3[NH2+]CCc4c3[nH]c3ccccc43)c(=O)[nH]c2=O)cc1. The normalized spacial score (nSPS) is 15.7. The lowest BCUT2D eigenvalue weighted by Gasteiger charge is -2.22. The number of hydrogen-bond donors (Lipinski definition) is 4. The van der Waals surface area contributed by atoms with Gasteiger partial charge in [-0.2, -0.15) is 0 Å². The summed E-state index contributed by atoms with van der Waals surface area (Å²) in [5.41, 5.74) is 2.81. The number of aromatic amines is 2. The number of fused-ring (bicyclic) bond motifs is 3. The zero-order valence-corrected chi connectivity index (χ0v) is 17.0. The molecule has 0 aliphatic carbocycles. The molecule has 5 N–H and O–H groups in total. The van der Waals surface area contributed by atoms with Gasteiger partial charge < -0.3 is 20.1 Å². The second-order valence-corrected chi connectivity index (χ2v) is 7.75. The van der Waals surface area contributed by atoms with Crippen LogP contribution in [0.3, 0.4) is 0 Å². The number of benzene rings is 2. The average Bonchev–Trinajstić information content (AvgIpc) is 3.16. The Hall–Kier alpha value is -3.78. The van der Waals surface area contributed by atoms with Crippen LogP contribution in [0.1, 0.15) is 28.4 Å². The zero-order valence-electron chi connectivity index (χ0n) is 17.0. The summed E-state index contributed by atoms with van der Waals surface area (Å²) in [5, 5.41) is 14.2. The quantitative estimate of drug-likeness (QED) is 0.395. The lowest BCUT2D eigenvalue weighted by molar-refractivity contribution is -0.690. The molecule has 1 atom stereocenters. The summed E-state index contributed by atoms with van der Waals surface area (Å²) in [4.78, 5) is 31.1. The Labute approximate surface area is 177 Å². The summed E-state index contributed by atoms with van der Waals surface area (Å²) in [5.74, 6) is 0.392. The van der Waals surface area contributed by atoms with Crippen LogP contribution in [-0.2, 0) is 13.0 Å². The molecule has 0 saturated heterocycles. The number of aromatic hydroxyl groups is 1. The van der Waals surface area contributed by atoms with E-state index in [2.05, 4.69) is 16.0 Å². The molecule has 31 heavy (non-hydrogen) atoms. The number of ether oxygens (including phenoxy) is 1. The topological polar surface area (TPSA) is 117 Å². The number of quaternary nitrogens is 1. The lowest BCUT2D eigenvalue weighted by Crippen LogP contribution is -2.87. The minimum absolute atomic E-state index is 0.130. The van der Waals surface area contributed by atoms with Gasteiger partial charge in [0.2, 0.25) is 5.88 Å². The van der Waals surface area contributed by atoms with Crippen LogP contribution in [-0.4, -0.2) is 33.3 Å². The lowest BCUT2D eigenvalue weighted by atomic mass is 9.95. The number of rotatable bonds is 4. The third-order valence-corrected chi connectivity index (χ3v) is 5.97. The Morgan fingerprint density at radius 3 is 2.68 bits per heavy atom. The minimum Gasteiger partial charge on any atom is -0.497 e. The maximum Gasteiger partial charge on any atom is 0.331 e. The molecule has 2 aromatic carbocycles. The molecular weight excluding hydrogens is 396 g/mol. The van der Waals surface area contributed by atoms with Gasteiger partial charge in [-0.15, -0.1) is 0 Å². The van der Waals surface area contributed by atoms with E-state index in [0.717, 1.165) is 40.7 Å². The monoisotopic (exact) mass is 419 g/mol. The number of nitrogens with zero attached hydrogens (tertiary/aromatic N) is 1. The molecule has 5 rings (SSSR count). The van der Waals surface area contributed by atoms with Crippen molar-refractivity contribution in [2.24, 2.45) is 0 Å². The molecule has 0 spiro atoms. The molecule has 0 unspecified atom stereocenters. The third kappa shape index (κ3) is 3.21. The molecule has 4 aromatic rings. The van der Waals surface area contributed by atoms with Crippen molar-refractivity contribution >= 4 is 10.9 Å². The first-order valence-electron chi connectivity index (χ1n) is 10.2. The van der Waals surface area contributed by atoms with Crippen LogP contribution >= 0.6 is 0 Å². The fourth-order valence-electron chi connectivity index (χ4n) is 4.45.